The van der Waals surface area contributed by atoms with E-state index >= 15 is 0 Å². The van der Waals surface area contributed by atoms with Crippen LogP contribution in [0.4, 0.5) is 13.2 Å². The minimum Gasteiger partial charge on any atom is -0.330 e. The molecule has 0 aromatic heterocycles. The van der Waals surface area contributed by atoms with Crippen molar-refractivity contribution in [2.75, 3.05) is 13.1 Å². The maximum absolute atomic E-state index is 12.9. The first-order chi connectivity index (χ1) is 10.7. The highest BCUT2D eigenvalue weighted by atomic mass is 35.5. The summed E-state index contributed by atoms with van der Waals surface area (Å²) < 4.78 is 65.4. The van der Waals surface area contributed by atoms with Crippen LogP contribution in [-0.4, -0.2) is 31.9 Å². The Balaban J connectivity index is 2.46. The molecule has 0 saturated carbocycles. The number of hydrogen-bond acceptors (Lipinski definition) is 3. The fraction of sp³-hybridized carbons (Fsp3) is 0.571. The number of nitrogens with zero attached hydrogens (tertiary/aromatic N) is 1. The van der Waals surface area contributed by atoms with E-state index in [0.717, 1.165) is 18.6 Å². The molecule has 1 aromatic carbocycles. The third kappa shape index (κ3) is 3.99. The van der Waals surface area contributed by atoms with E-state index in [1.165, 1.54) is 4.31 Å². The molecule has 0 bridgehead atoms. The summed E-state index contributed by atoms with van der Waals surface area (Å²) in [6.07, 6.45) is -1.99. The summed E-state index contributed by atoms with van der Waals surface area (Å²) in [7, 11) is -4.10. The second kappa shape index (κ2) is 6.96. The maximum Gasteiger partial charge on any atom is 0.416 e. The molecule has 4 nitrogen and oxygen atoms in total. The number of halogens is 4. The van der Waals surface area contributed by atoms with Crippen LogP contribution in [0.15, 0.2) is 23.1 Å². The van der Waals surface area contributed by atoms with Crippen LogP contribution in [0.5, 0.6) is 0 Å². The summed E-state index contributed by atoms with van der Waals surface area (Å²) in [5.41, 5.74) is 4.48. The molecule has 130 valence electrons. The number of benzene rings is 1. The molecule has 0 aliphatic carbocycles. The van der Waals surface area contributed by atoms with E-state index in [-0.39, 0.29) is 17.6 Å². The first kappa shape index (κ1) is 18.5. The second-order valence-corrected chi connectivity index (χ2v) is 7.75. The van der Waals surface area contributed by atoms with Crippen LogP contribution in [0.2, 0.25) is 5.02 Å². The highest BCUT2D eigenvalue weighted by molar-refractivity contribution is 7.89. The molecule has 1 fully saturated rings. The van der Waals surface area contributed by atoms with E-state index in [1.807, 2.05) is 0 Å². The normalized spacial score (nSPS) is 20.7. The molecule has 0 amide bonds. The largest absolute Gasteiger partial charge is 0.416 e. The molecule has 23 heavy (non-hydrogen) atoms. The standard InChI is InChI=1S/C14H18ClF3N2O2S/c15-12-5-4-10(14(16,17)18)9-13(12)23(21,22)20-8-2-1-3-11(20)6-7-19/h4-5,9,11H,1-3,6-8,19H2. The summed E-state index contributed by atoms with van der Waals surface area (Å²) in [6.45, 7) is 0.576. The van der Waals surface area contributed by atoms with Crippen molar-refractivity contribution in [3.05, 3.63) is 28.8 Å². The van der Waals surface area contributed by atoms with Gasteiger partial charge in [0.25, 0.3) is 0 Å². The average Bonchev–Trinajstić information content (AvgIpc) is 2.47. The van der Waals surface area contributed by atoms with Crippen molar-refractivity contribution in [2.45, 2.75) is 42.8 Å². The van der Waals surface area contributed by atoms with Crippen LogP contribution >= 0.6 is 11.6 Å². The van der Waals surface area contributed by atoms with E-state index in [0.29, 0.717) is 31.9 Å². The van der Waals surface area contributed by atoms with Gasteiger partial charge in [-0.1, -0.05) is 18.0 Å². The van der Waals surface area contributed by atoms with Crippen molar-refractivity contribution in [2.24, 2.45) is 5.73 Å². The van der Waals surface area contributed by atoms with Crippen molar-refractivity contribution >= 4 is 21.6 Å². The van der Waals surface area contributed by atoms with Gasteiger partial charge >= 0.3 is 6.18 Å². The van der Waals surface area contributed by atoms with Gasteiger partial charge in [-0.2, -0.15) is 17.5 Å². The number of piperidine rings is 1. The molecule has 0 radical (unpaired) electrons. The molecular weight excluding hydrogens is 353 g/mol. The molecule has 1 atom stereocenters. The molecular formula is C14H18ClF3N2O2S. The quantitative estimate of drug-likeness (QED) is 0.884. The summed E-state index contributed by atoms with van der Waals surface area (Å²) in [4.78, 5) is -0.502. The Hall–Kier alpha value is -0.830. The lowest BCUT2D eigenvalue weighted by Crippen LogP contribution is -2.44. The fourth-order valence-electron chi connectivity index (χ4n) is 2.78. The molecule has 1 aliphatic rings. The predicted octanol–water partition coefficient (Wildman–Crippen LogP) is 3.25. The van der Waals surface area contributed by atoms with Crippen molar-refractivity contribution in [3.63, 3.8) is 0 Å². The Morgan fingerprint density at radius 3 is 2.61 bits per heavy atom. The number of sulfonamides is 1. The minimum atomic E-state index is -4.63. The summed E-state index contributed by atoms with van der Waals surface area (Å²) in [5, 5.41) is -0.213. The Labute approximate surface area is 138 Å². The van der Waals surface area contributed by atoms with Crippen LogP contribution in [0.25, 0.3) is 0 Å². The Morgan fingerprint density at radius 1 is 1.30 bits per heavy atom. The molecule has 0 spiro atoms. The lowest BCUT2D eigenvalue weighted by molar-refractivity contribution is -0.137. The lowest BCUT2D eigenvalue weighted by Gasteiger charge is -2.34. The van der Waals surface area contributed by atoms with Gasteiger partial charge in [-0.25, -0.2) is 8.42 Å². The van der Waals surface area contributed by atoms with Gasteiger partial charge in [-0.05, 0) is 44.0 Å². The molecule has 1 aliphatic heterocycles. The highest BCUT2D eigenvalue weighted by Gasteiger charge is 2.37. The lowest BCUT2D eigenvalue weighted by atomic mass is 10.0. The monoisotopic (exact) mass is 370 g/mol. The Bertz CT molecular complexity index is 662. The Morgan fingerprint density at radius 2 is 2.00 bits per heavy atom. The highest BCUT2D eigenvalue weighted by Crippen LogP contribution is 2.36. The van der Waals surface area contributed by atoms with E-state index in [1.54, 1.807) is 0 Å². The third-order valence-corrected chi connectivity index (χ3v) is 6.35. The molecule has 9 heteroatoms. The SMILES string of the molecule is NCCC1CCCCN1S(=O)(=O)c1cc(C(F)(F)F)ccc1Cl. The smallest absolute Gasteiger partial charge is 0.330 e. The molecule has 1 saturated heterocycles. The predicted molar refractivity (Wildman–Crippen MR) is 81.7 cm³/mol. The first-order valence-electron chi connectivity index (χ1n) is 7.26. The van der Waals surface area contributed by atoms with Crippen molar-refractivity contribution in [1.29, 1.82) is 0 Å². The van der Waals surface area contributed by atoms with Gasteiger partial charge in [0.2, 0.25) is 10.0 Å². The van der Waals surface area contributed by atoms with Gasteiger partial charge in [0.1, 0.15) is 4.90 Å². The van der Waals surface area contributed by atoms with Crippen molar-refractivity contribution in [3.8, 4) is 0 Å². The van der Waals surface area contributed by atoms with E-state index in [9.17, 15) is 21.6 Å². The zero-order valence-corrected chi connectivity index (χ0v) is 13.9. The number of nitrogens with two attached hydrogens (primary N) is 1. The maximum atomic E-state index is 12.9. The van der Waals surface area contributed by atoms with Gasteiger partial charge < -0.3 is 5.73 Å². The Kier molecular flexibility index (Phi) is 5.60. The van der Waals surface area contributed by atoms with Gasteiger partial charge in [-0.15, -0.1) is 0 Å². The summed E-state index contributed by atoms with van der Waals surface area (Å²) in [5.74, 6) is 0. The van der Waals surface area contributed by atoms with Gasteiger partial charge in [0.15, 0.2) is 0 Å². The molecule has 2 N–H and O–H groups in total. The molecule has 1 unspecified atom stereocenters. The van der Waals surface area contributed by atoms with Crippen LogP contribution < -0.4 is 5.73 Å². The van der Waals surface area contributed by atoms with Gasteiger partial charge in [0.05, 0.1) is 10.6 Å². The van der Waals surface area contributed by atoms with Crippen LogP contribution in [0, 0.1) is 0 Å². The number of hydrogen-bond donors (Lipinski definition) is 1. The van der Waals surface area contributed by atoms with E-state index < -0.39 is 26.7 Å². The second-order valence-electron chi connectivity index (χ2n) is 5.49. The number of alkyl halides is 3. The van der Waals surface area contributed by atoms with Gasteiger partial charge in [-0.3, -0.25) is 0 Å². The zero-order chi connectivity index (χ0) is 17.3. The van der Waals surface area contributed by atoms with Crippen molar-refractivity contribution < 1.29 is 21.6 Å². The third-order valence-electron chi connectivity index (χ3n) is 3.92. The topological polar surface area (TPSA) is 63.4 Å². The minimum absolute atomic E-state index is 0.213. The molecule has 2 rings (SSSR count). The fourth-order valence-corrected chi connectivity index (χ4v) is 5.00. The molecule has 1 aromatic rings. The van der Waals surface area contributed by atoms with Crippen LogP contribution in [0.1, 0.15) is 31.2 Å². The van der Waals surface area contributed by atoms with E-state index in [2.05, 4.69) is 0 Å². The average molecular weight is 371 g/mol. The summed E-state index contributed by atoms with van der Waals surface area (Å²) >= 11 is 5.88. The van der Waals surface area contributed by atoms with Gasteiger partial charge in [0, 0.05) is 12.6 Å². The van der Waals surface area contributed by atoms with Crippen LogP contribution in [-0.2, 0) is 16.2 Å². The summed E-state index contributed by atoms with van der Waals surface area (Å²) in [6, 6.07) is 2.05. The molecule has 1 heterocycles. The zero-order valence-electron chi connectivity index (χ0n) is 12.3. The number of rotatable bonds is 4. The van der Waals surface area contributed by atoms with E-state index in [4.69, 9.17) is 17.3 Å². The van der Waals surface area contributed by atoms with Crippen LogP contribution in [0.3, 0.4) is 0 Å². The first-order valence-corrected chi connectivity index (χ1v) is 9.08. The van der Waals surface area contributed by atoms with Crippen molar-refractivity contribution in [1.82, 2.24) is 4.31 Å².